The predicted molar refractivity (Wildman–Crippen MR) is 96.1 cm³/mol. The van der Waals surface area contributed by atoms with Crippen LogP contribution in [0.1, 0.15) is 18.1 Å². The summed E-state index contributed by atoms with van der Waals surface area (Å²) in [6.45, 7) is 4.21. The minimum atomic E-state index is 0.269. The third kappa shape index (κ3) is 6.20. The lowest BCUT2D eigenvalue weighted by Gasteiger charge is -2.11. The summed E-state index contributed by atoms with van der Waals surface area (Å²) in [5.41, 5.74) is 2.29. The Morgan fingerprint density at radius 3 is 2.30 bits per heavy atom. The van der Waals surface area contributed by atoms with Crippen molar-refractivity contribution < 1.29 is 5.11 Å². The number of halogens is 1. The molecule has 122 valence electrons. The second kappa shape index (κ2) is 9.06. The summed E-state index contributed by atoms with van der Waals surface area (Å²) >= 11 is 5.89. The summed E-state index contributed by atoms with van der Waals surface area (Å²) < 4.78 is 0. The van der Waals surface area contributed by atoms with Crippen LogP contribution in [0.3, 0.4) is 0 Å². The van der Waals surface area contributed by atoms with E-state index in [0.717, 1.165) is 36.1 Å². The van der Waals surface area contributed by atoms with Gasteiger partial charge in [-0.1, -0.05) is 35.9 Å². The molecule has 0 radical (unpaired) electrons. The summed E-state index contributed by atoms with van der Waals surface area (Å²) in [6, 6.07) is 15.0. The zero-order valence-electron chi connectivity index (χ0n) is 13.2. The van der Waals surface area contributed by atoms with Gasteiger partial charge in [0, 0.05) is 18.1 Å². The fourth-order valence-electron chi connectivity index (χ4n) is 2.09. The van der Waals surface area contributed by atoms with Gasteiger partial charge in [-0.05, 0) is 48.7 Å². The van der Waals surface area contributed by atoms with Crippen LogP contribution in [-0.2, 0) is 13.0 Å². The van der Waals surface area contributed by atoms with Gasteiger partial charge in [0.25, 0.3) is 0 Å². The van der Waals surface area contributed by atoms with Crippen LogP contribution in [0.5, 0.6) is 5.75 Å². The van der Waals surface area contributed by atoms with E-state index in [1.54, 1.807) is 12.1 Å². The standard InChI is InChI=1S/C18H22ClN3O/c1-2-20-18(22-13-15-5-9-17(23)10-6-15)21-12-11-14-3-7-16(19)8-4-14/h3-10,23H,2,11-13H2,1H3,(H2,20,21,22). The highest BCUT2D eigenvalue weighted by atomic mass is 35.5. The van der Waals surface area contributed by atoms with Crippen molar-refractivity contribution in [3.05, 3.63) is 64.7 Å². The van der Waals surface area contributed by atoms with E-state index < -0.39 is 0 Å². The highest BCUT2D eigenvalue weighted by Gasteiger charge is 1.99. The first-order valence-corrected chi connectivity index (χ1v) is 8.09. The lowest BCUT2D eigenvalue weighted by atomic mass is 10.1. The maximum Gasteiger partial charge on any atom is 0.191 e. The van der Waals surface area contributed by atoms with Crippen LogP contribution < -0.4 is 10.6 Å². The molecule has 0 aliphatic carbocycles. The molecule has 3 N–H and O–H groups in total. The molecular formula is C18H22ClN3O. The Hall–Kier alpha value is -2.20. The van der Waals surface area contributed by atoms with Crippen molar-refractivity contribution in [3.63, 3.8) is 0 Å². The smallest absolute Gasteiger partial charge is 0.191 e. The Labute approximate surface area is 142 Å². The number of guanidine groups is 1. The average molecular weight is 332 g/mol. The van der Waals surface area contributed by atoms with E-state index in [9.17, 15) is 5.11 Å². The average Bonchev–Trinajstić information content (AvgIpc) is 2.56. The quantitative estimate of drug-likeness (QED) is 0.562. The number of rotatable bonds is 6. The number of nitrogens with zero attached hydrogens (tertiary/aromatic N) is 1. The molecule has 2 aromatic carbocycles. The normalized spacial score (nSPS) is 11.3. The SMILES string of the molecule is CCNC(=NCc1ccc(O)cc1)NCCc1ccc(Cl)cc1. The number of aliphatic imine (C=N–C) groups is 1. The Balaban J connectivity index is 1.86. The largest absolute Gasteiger partial charge is 0.508 e. The van der Waals surface area contributed by atoms with Crippen LogP contribution in [0.4, 0.5) is 0 Å². The number of hydrogen-bond acceptors (Lipinski definition) is 2. The number of hydrogen-bond donors (Lipinski definition) is 3. The van der Waals surface area contributed by atoms with Crippen molar-refractivity contribution in [2.75, 3.05) is 13.1 Å². The van der Waals surface area contributed by atoms with Gasteiger partial charge in [-0.3, -0.25) is 0 Å². The molecule has 2 aromatic rings. The van der Waals surface area contributed by atoms with E-state index in [0.29, 0.717) is 6.54 Å². The third-order valence-corrected chi connectivity index (χ3v) is 3.57. The third-order valence-electron chi connectivity index (χ3n) is 3.32. The van der Waals surface area contributed by atoms with Crippen LogP contribution in [-0.4, -0.2) is 24.2 Å². The molecule has 0 heterocycles. The Morgan fingerprint density at radius 1 is 1.00 bits per heavy atom. The molecule has 0 amide bonds. The lowest BCUT2D eigenvalue weighted by Crippen LogP contribution is -2.38. The van der Waals surface area contributed by atoms with Gasteiger partial charge < -0.3 is 15.7 Å². The molecule has 0 unspecified atom stereocenters. The highest BCUT2D eigenvalue weighted by Crippen LogP contribution is 2.10. The van der Waals surface area contributed by atoms with Gasteiger partial charge in [0.05, 0.1) is 6.54 Å². The first-order valence-electron chi connectivity index (χ1n) is 7.72. The summed E-state index contributed by atoms with van der Waals surface area (Å²) in [5, 5.41) is 16.6. The molecule has 0 saturated heterocycles. The van der Waals surface area contributed by atoms with Gasteiger partial charge in [-0.2, -0.15) is 0 Å². The topological polar surface area (TPSA) is 56.7 Å². The first-order chi connectivity index (χ1) is 11.2. The van der Waals surface area contributed by atoms with Crippen molar-refractivity contribution in [1.29, 1.82) is 0 Å². The summed E-state index contributed by atoms with van der Waals surface area (Å²) in [4.78, 5) is 4.55. The molecular weight excluding hydrogens is 310 g/mol. The van der Waals surface area contributed by atoms with Crippen molar-refractivity contribution >= 4 is 17.6 Å². The fraction of sp³-hybridized carbons (Fsp3) is 0.278. The summed E-state index contributed by atoms with van der Waals surface area (Å²) in [5.74, 6) is 1.06. The predicted octanol–water partition coefficient (Wildman–Crippen LogP) is 3.34. The Kier molecular flexibility index (Phi) is 6.76. The fourth-order valence-corrected chi connectivity index (χ4v) is 2.22. The van der Waals surface area contributed by atoms with Crippen LogP contribution in [0, 0.1) is 0 Å². The van der Waals surface area contributed by atoms with E-state index in [4.69, 9.17) is 11.6 Å². The first kappa shape index (κ1) is 17.2. The van der Waals surface area contributed by atoms with Crippen molar-refractivity contribution in [1.82, 2.24) is 10.6 Å². The monoisotopic (exact) mass is 331 g/mol. The zero-order valence-corrected chi connectivity index (χ0v) is 14.0. The van der Waals surface area contributed by atoms with Gasteiger partial charge in [0.2, 0.25) is 0 Å². The number of phenols is 1. The molecule has 0 aliphatic rings. The number of benzene rings is 2. The molecule has 23 heavy (non-hydrogen) atoms. The molecule has 5 heteroatoms. The van der Waals surface area contributed by atoms with Gasteiger partial charge in [-0.15, -0.1) is 0 Å². The van der Waals surface area contributed by atoms with Crippen LogP contribution >= 0.6 is 11.6 Å². The van der Waals surface area contributed by atoms with E-state index in [1.807, 2.05) is 43.3 Å². The van der Waals surface area contributed by atoms with Crippen molar-refractivity contribution in [2.45, 2.75) is 19.9 Å². The van der Waals surface area contributed by atoms with E-state index in [-0.39, 0.29) is 5.75 Å². The zero-order chi connectivity index (χ0) is 16.5. The van der Waals surface area contributed by atoms with Gasteiger partial charge in [0.15, 0.2) is 5.96 Å². The van der Waals surface area contributed by atoms with Crippen LogP contribution in [0.2, 0.25) is 5.02 Å². The highest BCUT2D eigenvalue weighted by molar-refractivity contribution is 6.30. The van der Waals surface area contributed by atoms with Crippen LogP contribution in [0.25, 0.3) is 0 Å². The molecule has 4 nitrogen and oxygen atoms in total. The van der Waals surface area contributed by atoms with E-state index in [2.05, 4.69) is 15.6 Å². The number of phenolic OH excluding ortho intramolecular Hbond substituents is 1. The molecule has 2 rings (SSSR count). The molecule has 0 atom stereocenters. The second-order valence-electron chi connectivity index (χ2n) is 5.16. The van der Waals surface area contributed by atoms with Crippen molar-refractivity contribution in [2.24, 2.45) is 4.99 Å². The molecule has 0 spiro atoms. The summed E-state index contributed by atoms with van der Waals surface area (Å²) in [7, 11) is 0. The number of aromatic hydroxyl groups is 1. The molecule has 0 fully saturated rings. The minimum Gasteiger partial charge on any atom is -0.508 e. The van der Waals surface area contributed by atoms with E-state index >= 15 is 0 Å². The molecule has 0 aliphatic heterocycles. The van der Waals surface area contributed by atoms with Gasteiger partial charge in [-0.25, -0.2) is 4.99 Å². The van der Waals surface area contributed by atoms with E-state index in [1.165, 1.54) is 5.56 Å². The number of nitrogens with one attached hydrogen (secondary N) is 2. The second-order valence-corrected chi connectivity index (χ2v) is 5.60. The van der Waals surface area contributed by atoms with Gasteiger partial charge in [0.1, 0.15) is 5.75 Å². The lowest BCUT2D eigenvalue weighted by molar-refractivity contribution is 0.475. The molecule has 0 saturated carbocycles. The summed E-state index contributed by atoms with van der Waals surface area (Å²) in [6.07, 6.45) is 0.904. The maximum atomic E-state index is 9.29. The molecule has 0 aromatic heterocycles. The minimum absolute atomic E-state index is 0.269. The maximum absolute atomic E-state index is 9.29. The Bertz CT molecular complexity index is 624. The van der Waals surface area contributed by atoms with Gasteiger partial charge >= 0.3 is 0 Å². The Morgan fingerprint density at radius 2 is 1.65 bits per heavy atom. The van der Waals surface area contributed by atoms with Crippen molar-refractivity contribution in [3.8, 4) is 5.75 Å². The van der Waals surface area contributed by atoms with Crippen LogP contribution in [0.15, 0.2) is 53.5 Å². The molecule has 0 bridgehead atoms.